The molecule has 0 saturated heterocycles. The number of thiophene rings is 1. The van der Waals surface area contributed by atoms with Crippen LogP contribution in [0.25, 0.3) is 0 Å². The van der Waals surface area contributed by atoms with E-state index in [1.54, 1.807) is 12.1 Å². The molecule has 1 aromatic heterocycles. The van der Waals surface area contributed by atoms with Gasteiger partial charge >= 0.3 is 0 Å². The minimum absolute atomic E-state index is 0.0873. The Kier molecular flexibility index (Phi) is 4.64. The number of amides is 1. The molecule has 1 heterocycles. The zero-order valence-corrected chi connectivity index (χ0v) is 10.5. The zero-order valence-electron chi connectivity index (χ0n) is 9.69. The average Bonchev–Trinajstić information content (AvgIpc) is 2.64. The van der Waals surface area contributed by atoms with Gasteiger partial charge < -0.3 is 10.2 Å². The Hall–Kier alpha value is -1.20. The maximum Gasteiger partial charge on any atom is 0.261 e. The van der Waals surface area contributed by atoms with E-state index in [1.807, 2.05) is 25.9 Å². The molecule has 0 saturated carbocycles. The minimum Gasteiger partial charge on any atom is -0.348 e. The topological polar surface area (TPSA) is 49.4 Å². The van der Waals surface area contributed by atoms with E-state index in [9.17, 15) is 9.59 Å². The van der Waals surface area contributed by atoms with Crippen LogP contribution >= 0.6 is 11.3 Å². The van der Waals surface area contributed by atoms with Gasteiger partial charge in [-0.15, -0.1) is 11.3 Å². The monoisotopic (exact) mass is 240 g/mol. The van der Waals surface area contributed by atoms with Gasteiger partial charge in [0.2, 0.25) is 0 Å². The molecule has 0 bridgehead atoms. The highest BCUT2D eigenvalue weighted by atomic mass is 32.1. The second-order valence-electron chi connectivity index (χ2n) is 3.96. The summed E-state index contributed by atoms with van der Waals surface area (Å²) in [5, 5.41) is 2.88. The van der Waals surface area contributed by atoms with Crippen molar-refractivity contribution in [1.82, 2.24) is 10.2 Å². The molecule has 1 aromatic rings. The van der Waals surface area contributed by atoms with Gasteiger partial charge in [-0.1, -0.05) is 0 Å². The molecule has 0 aliphatic rings. The number of hydrogen-bond donors (Lipinski definition) is 1. The highest BCUT2D eigenvalue weighted by Crippen LogP contribution is 2.14. The Labute approximate surface area is 99.3 Å². The molecular weight excluding hydrogens is 224 g/mol. The van der Waals surface area contributed by atoms with Gasteiger partial charge in [-0.2, -0.15) is 0 Å². The molecular formula is C11H16N2O2S. The van der Waals surface area contributed by atoms with Crippen molar-refractivity contribution in [2.75, 3.05) is 20.6 Å². The normalized spacial score (nSPS) is 12.5. The van der Waals surface area contributed by atoms with E-state index in [1.165, 1.54) is 11.3 Å². The largest absolute Gasteiger partial charge is 0.348 e. The zero-order chi connectivity index (χ0) is 12.1. The third kappa shape index (κ3) is 3.75. The van der Waals surface area contributed by atoms with E-state index in [0.29, 0.717) is 9.75 Å². The Morgan fingerprint density at radius 2 is 2.25 bits per heavy atom. The highest BCUT2D eigenvalue weighted by molar-refractivity contribution is 7.15. The Balaban J connectivity index is 2.54. The van der Waals surface area contributed by atoms with Gasteiger partial charge in [0, 0.05) is 12.6 Å². The smallest absolute Gasteiger partial charge is 0.261 e. The lowest BCUT2D eigenvalue weighted by molar-refractivity contribution is 0.0938. The maximum absolute atomic E-state index is 11.7. The van der Waals surface area contributed by atoms with Crippen LogP contribution < -0.4 is 5.32 Å². The SMILES string of the molecule is CC(CN(C)C)NC(=O)c1ccc(C=O)s1. The lowest BCUT2D eigenvalue weighted by Gasteiger charge is -2.17. The standard InChI is InChI=1S/C11H16N2O2S/c1-8(6-13(2)3)12-11(15)10-5-4-9(7-14)16-10/h4-5,7-8H,6H2,1-3H3,(H,12,15). The van der Waals surface area contributed by atoms with Gasteiger partial charge in [0.25, 0.3) is 5.91 Å². The molecule has 0 aliphatic heterocycles. The molecule has 0 radical (unpaired) electrons. The van der Waals surface area contributed by atoms with E-state index in [2.05, 4.69) is 5.32 Å². The van der Waals surface area contributed by atoms with Crippen LogP contribution in [0.15, 0.2) is 12.1 Å². The molecule has 16 heavy (non-hydrogen) atoms. The number of nitrogens with zero attached hydrogens (tertiary/aromatic N) is 1. The van der Waals surface area contributed by atoms with Crippen molar-refractivity contribution in [2.24, 2.45) is 0 Å². The van der Waals surface area contributed by atoms with Crippen LogP contribution in [0.4, 0.5) is 0 Å². The number of hydrogen-bond acceptors (Lipinski definition) is 4. The number of likely N-dealkylation sites (N-methyl/N-ethyl adjacent to an activating group) is 1. The summed E-state index contributed by atoms with van der Waals surface area (Å²) in [5.41, 5.74) is 0. The fourth-order valence-corrected chi connectivity index (χ4v) is 2.15. The summed E-state index contributed by atoms with van der Waals surface area (Å²) >= 11 is 1.21. The molecule has 5 heteroatoms. The molecule has 0 aromatic carbocycles. The van der Waals surface area contributed by atoms with Crippen molar-refractivity contribution in [2.45, 2.75) is 13.0 Å². The van der Waals surface area contributed by atoms with E-state index < -0.39 is 0 Å². The predicted octanol–water partition coefficient (Wildman–Crippen LogP) is 1.24. The third-order valence-corrected chi connectivity index (χ3v) is 2.99. The molecule has 0 fully saturated rings. The number of carbonyl (C=O) groups excluding carboxylic acids is 2. The Morgan fingerprint density at radius 1 is 1.56 bits per heavy atom. The van der Waals surface area contributed by atoms with Crippen molar-refractivity contribution in [3.63, 3.8) is 0 Å². The average molecular weight is 240 g/mol. The van der Waals surface area contributed by atoms with Gasteiger partial charge in [0.05, 0.1) is 9.75 Å². The van der Waals surface area contributed by atoms with Crippen LogP contribution in [-0.2, 0) is 0 Å². The predicted molar refractivity (Wildman–Crippen MR) is 65.2 cm³/mol. The summed E-state index contributed by atoms with van der Waals surface area (Å²) in [6.45, 7) is 2.74. The van der Waals surface area contributed by atoms with Gasteiger partial charge in [0.1, 0.15) is 0 Å². The van der Waals surface area contributed by atoms with Crippen LogP contribution in [0.1, 0.15) is 26.3 Å². The van der Waals surface area contributed by atoms with Gasteiger partial charge in [-0.05, 0) is 33.2 Å². The van der Waals surface area contributed by atoms with Crippen molar-refractivity contribution >= 4 is 23.5 Å². The lowest BCUT2D eigenvalue weighted by atomic mass is 10.3. The quantitative estimate of drug-likeness (QED) is 0.788. The summed E-state index contributed by atoms with van der Waals surface area (Å²) in [6.07, 6.45) is 0.755. The van der Waals surface area contributed by atoms with Gasteiger partial charge in [-0.25, -0.2) is 0 Å². The number of rotatable bonds is 5. The first kappa shape index (κ1) is 12.9. The van der Waals surface area contributed by atoms with Crippen LogP contribution in [-0.4, -0.2) is 43.8 Å². The summed E-state index contributed by atoms with van der Waals surface area (Å²) in [6, 6.07) is 3.42. The first-order chi connectivity index (χ1) is 7.52. The minimum atomic E-state index is -0.118. The third-order valence-electron chi connectivity index (χ3n) is 1.98. The lowest BCUT2D eigenvalue weighted by Crippen LogP contribution is -2.39. The number of carbonyl (C=O) groups is 2. The first-order valence-corrected chi connectivity index (χ1v) is 5.85. The van der Waals surface area contributed by atoms with E-state index in [0.717, 1.165) is 12.8 Å². The molecule has 1 N–H and O–H groups in total. The fraction of sp³-hybridized carbons (Fsp3) is 0.455. The van der Waals surface area contributed by atoms with Gasteiger partial charge in [-0.3, -0.25) is 9.59 Å². The second-order valence-corrected chi connectivity index (χ2v) is 5.07. The number of aldehydes is 1. The highest BCUT2D eigenvalue weighted by Gasteiger charge is 2.12. The molecule has 88 valence electrons. The Bertz CT molecular complexity index is 374. The maximum atomic E-state index is 11.7. The molecule has 0 spiro atoms. The van der Waals surface area contributed by atoms with Crippen LogP contribution in [0, 0.1) is 0 Å². The van der Waals surface area contributed by atoms with Crippen molar-refractivity contribution in [3.8, 4) is 0 Å². The molecule has 1 atom stereocenters. The first-order valence-electron chi connectivity index (χ1n) is 5.03. The summed E-state index contributed by atoms with van der Waals surface area (Å²) in [5.74, 6) is -0.118. The molecule has 0 aliphatic carbocycles. The number of nitrogens with one attached hydrogen (secondary N) is 1. The van der Waals surface area contributed by atoms with Crippen molar-refractivity contribution in [3.05, 3.63) is 21.9 Å². The Morgan fingerprint density at radius 3 is 2.75 bits per heavy atom. The van der Waals surface area contributed by atoms with E-state index in [4.69, 9.17) is 0 Å². The fourth-order valence-electron chi connectivity index (χ4n) is 1.43. The van der Waals surface area contributed by atoms with Crippen LogP contribution in [0.3, 0.4) is 0 Å². The van der Waals surface area contributed by atoms with Gasteiger partial charge in [0.15, 0.2) is 6.29 Å². The summed E-state index contributed by atoms with van der Waals surface area (Å²) in [4.78, 5) is 25.4. The summed E-state index contributed by atoms with van der Waals surface area (Å²) < 4.78 is 0. The van der Waals surface area contributed by atoms with Crippen molar-refractivity contribution < 1.29 is 9.59 Å². The second kappa shape index (κ2) is 5.77. The molecule has 1 amide bonds. The molecule has 4 nitrogen and oxygen atoms in total. The summed E-state index contributed by atoms with van der Waals surface area (Å²) in [7, 11) is 3.91. The van der Waals surface area contributed by atoms with E-state index >= 15 is 0 Å². The molecule has 1 rings (SSSR count). The molecule has 1 unspecified atom stereocenters. The van der Waals surface area contributed by atoms with Crippen molar-refractivity contribution in [1.29, 1.82) is 0 Å². The van der Waals surface area contributed by atoms with E-state index in [-0.39, 0.29) is 11.9 Å². The van der Waals surface area contributed by atoms with Crippen LogP contribution in [0.2, 0.25) is 0 Å². The van der Waals surface area contributed by atoms with Crippen LogP contribution in [0.5, 0.6) is 0 Å².